The second-order valence-corrected chi connectivity index (χ2v) is 7.76. The number of thiazole rings is 1. The number of carboxylic acids is 1. The SMILES string of the molecule is CC(C)c1sc(Nc2ncc(C(F)(F)F)cc2C(=O)O)nc1-c1ccsc1. The van der Waals surface area contributed by atoms with Gasteiger partial charge in [-0.2, -0.15) is 24.5 Å². The zero-order chi connectivity index (χ0) is 19.8. The average Bonchev–Trinajstić information content (AvgIpc) is 3.22. The van der Waals surface area contributed by atoms with E-state index in [4.69, 9.17) is 0 Å². The van der Waals surface area contributed by atoms with E-state index in [9.17, 15) is 23.1 Å². The van der Waals surface area contributed by atoms with E-state index in [0.717, 1.165) is 16.1 Å². The molecule has 0 radical (unpaired) electrons. The highest BCUT2D eigenvalue weighted by Crippen LogP contribution is 2.38. The van der Waals surface area contributed by atoms with Crippen LogP contribution in [0.1, 0.15) is 40.6 Å². The van der Waals surface area contributed by atoms with Gasteiger partial charge in [-0.15, -0.1) is 11.3 Å². The lowest BCUT2D eigenvalue weighted by Gasteiger charge is -2.10. The van der Waals surface area contributed by atoms with Crippen LogP contribution in [0.5, 0.6) is 0 Å². The Morgan fingerprint density at radius 2 is 2.07 bits per heavy atom. The first-order chi connectivity index (χ1) is 12.7. The summed E-state index contributed by atoms with van der Waals surface area (Å²) in [5.74, 6) is -1.52. The molecule has 0 spiro atoms. The number of carbonyl (C=O) groups is 1. The van der Waals surface area contributed by atoms with Crippen molar-refractivity contribution in [3.8, 4) is 11.3 Å². The number of rotatable bonds is 5. The topological polar surface area (TPSA) is 75.1 Å². The molecule has 0 aromatic carbocycles. The van der Waals surface area contributed by atoms with Gasteiger partial charge in [-0.25, -0.2) is 14.8 Å². The summed E-state index contributed by atoms with van der Waals surface area (Å²) in [7, 11) is 0. The Morgan fingerprint density at radius 1 is 1.33 bits per heavy atom. The highest BCUT2D eigenvalue weighted by Gasteiger charge is 2.32. The Labute approximate surface area is 160 Å². The first kappa shape index (κ1) is 19.3. The molecular formula is C17H14F3N3O2S2. The standard InChI is InChI=1S/C17H14F3N3O2S2/c1-8(2)13-12(9-3-4-26-7-9)22-16(27-13)23-14-11(15(24)25)5-10(6-21-14)17(18,19)20/h3-8H,1-2H3,(H,24,25)(H,21,22,23). The molecule has 3 heterocycles. The second-order valence-electron chi connectivity index (χ2n) is 5.95. The molecule has 10 heteroatoms. The molecule has 0 aliphatic carbocycles. The van der Waals surface area contributed by atoms with Gasteiger partial charge in [0.25, 0.3) is 0 Å². The van der Waals surface area contributed by atoms with Gasteiger partial charge in [0.2, 0.25) is 0 Å². The number of alkyl halides is 3. The fraction of sp³-hybridized carbons (Fsp3) is 0.235. The molecule has 3 rings (SSSR count). The van der Waals surface area contributed by atoms with Gasteiger partial charge in [0.05, 0.1) is 11.3 Å². The van der Waals surface area contributed by atoms with Gasteiger partial charge in [-0.1, -0.05) is 13.8 Å². The van der Waals surface area contributed by atoms with Crippen LogP contribution >= 0.6 is 22.7 Å². The maximum Gasteiger partial charge on any atom is 0.417 e. The fourth-order valence-corrected chi connectivity index (χ4v) is 4.00. The summed E-state index contributed by atoms with van der Waals surface area (Å²) in [5, 5.41) is 16.3. The van der Waals surface area contributed by atoms with E-state index in [0.29, 0.717) is 17.4 Å². The van der Waals surface area contributed by atoms with E-state index in [1.54, 1.807) is 0 Å². The van der Waals surface area contributed by atoms with Gasteiger partial charge in [-0.05, 0) is 23.4 Å². The summed E-state index contributed by atoms with van der Waals surface area (Å²) in [5.41, 5.74) is 0.0176. The molecule has 0 aliphatic heterocycles. The Morgan fingerprint density at radius 3 is 2.63 bits per heavy atom. The fourth-order valence-electron chi connectivity index (χ4n) is 2.37. The van der Waals surface area contributed by atoms with Crippen LogP contribution in [0.3, 0.4) is 0 Å². The third-order valence-corrected chi connectivity index (χ3v) is 5.60. The minimum atomic E-state index is -4.67. The number of pyridine rings is 1. The van der Waals surface area contributed by atoms with Gasteiger partial charge >= 0.3 is 12.1 Å². The molecule has 0 aliphatic rings. The van der Waals surface area contributed by atoms with Gasteiger partial charge in [-0.3, -0.25) is 0 Å². The minimum absolute atomic E-state index is 0.174. The third-order valence-electron chi connectivity index (χ3n) is 3.64. The molecular weight excluding hydrogens is 399 g/mol. The lowest BCUT2D eigenvalue weighted by molar-refractivity contribution is -0.137. The first-order valence-electron chi connectivity index (χ1n) is 7.77. The predicted molar refractivity (Wildman–Crippen MR) is 99.0 cm³/mol. The Kier molecular flexibility index (Phi) is 5.20. The van der Waals surface area contributed by atoms with Crippen LogP contribution in [0, 0.1) is 0 Å². The smallest absolute Gasteiger partial charge is 0.417 e. The molecule has 0 saturated heterocycles. The van der Waals surface area contributed by atoms with Crippen molar-refractivity contribution in [2.45, 2.75) is 25.9 Å². The van der Waals surface area contributed by atoms with Crippen molar-refractivity contribution < 1.29 is 23.1 Å². The molecule has 5 nitrogen and oxygen atoms in total. The van der Waals surface area contributed by atoms with Crippen molar-refractivity contribution in [2.75, 3.05) is 5.32 Å². The van der Waals surface area contributed by atoms with E-state index in [2.05, 4.69) is 15.3 Å². The molecule has 142 valence electrons. The number of nitrogens with one attached hydrogen (secondary N) is 1. The molecule has 0 bridgehead atoms. The molecule has 0 amide bonds. The highest BCUT2D eigenvalue weighted by molar-refractivity contribution is 7.16. The van der Waals surface area contributed by atoms with Gasteiger partial charge in [0.15, 0.2) is 5.13 Å². The van der Waals surface area contributed by atoms with Gasteiger partial charge in [0.1, 0.15) is 11.4 Å². The number of anilines is 2. The van der Waals surface area contributed by atoms with E-state index < -0.39 is 23.3 Å². The summed E-state index contributed by atoms with van der Waals surface area (Å²) < 4.78 is 38.5. The van der Waals surface area contributed by atoms with Crippen LogP contribution < -0.4 is 5.32 Å². The summed E-state index contributed by atoms with van der Waals surface area (Å²) in [4.78, 5) is 20.5. The van der Waals surface area contributed by atoms with Crippen molar-refractivity contribution in [1.29, 1.82) is 0 Å². The molecule has 0 saturated carbocycles. The van der Waals surface area contributed by atoms with Crippen molar-refractivity contribution in [3.63, 3.8) is 0 Å². The maximum absolute atomic E-state index is 12.8. The lowest BCUT2D eigenvalue weighted by Crippen LogP contribution is -2.11. The molecule has 3 aromatic rings. The zero-order valence-corrected chi connectivity index (χ0v) is 15.8. The molecule has 3 aromatic heterocycles. The van der Waals surface area contributed by atoms with Crippen LogP contribution in [0.4, 0.5) is 24.1 Å². The van der Waals surface area contributed by atoms with Crippen molar-refractivity contribution >= 4 is 39.6 Å². The monoisotopic (exact) mass is 413 g/mol. The number of nitrogens with zero attached hydrogens (tertiary/aromatic N) is 2. The number of halogens is 3. The van der Waals surface area contributed by atoms with E-state index in [1.807, 2.05) is 30.7 Å². The van der Waals surface area contributed by atoms with Crippen LogP contribution in [0.2, 0.25) is 0 Å². The lowest BCUT2D eigenvalue weighted by atomic mass is 10.1. The quantitative estimate of drug-likeness (QED) is 0.549. The maximum atomic E-state index is 12.8. The number of thiophene rings is 1. The third kappa shape index (κ3) is 4.11. The highest BCUT2D eigenvalue weighted by atomic mass is 32.1. The molecule has 0 unspecified atom stereocenters. The summed E-state index contributed by atoms with van der Waals surface area (Å²) >= 11 is 2.84. The summed E-state index contributed by atoms with van der Waals surface area (Å²) in [6.07, 6.45) is -4.07. The van der Waals surface area contributed by atoms with Crippen LogP contribution in [-0.4, -0.2) is 21.0 Å². The van der Waals surface area contributed by atoms with Crippen molar-refractivity contribution in [2.24, 2.45) is 0 Å². The van der Waals surface area contributed by atoms with E-state index in [1.165, 1.54) is 22.7 Å². The van der Waals surface area contributed by atoms with E-state index in [-0.39, 0.29) is 11.7 Å². The number of hydrogen-bond donors (Lipinski definition) is 2. The number of hydrogen-bond acceptors (Lipinski definition) is 6. The normalized spacial score (nSPS) is 11.8. The van der Waals surface area contributed by atoms with Crippen LogP contribution in [0.25, 0.3) is 11.3 Å². The van der Waals surface area contributed by atoms with Gasteiger partial charge < -0.3 is 10.4 Å². The number of aromatic nitrogens is 2. The largest absolute Gasteiger partial charge is 0.478 e. The number of aromatic carboxylic acids is 1. The van der Waals surface area contributed by atoms with Crippen molar-refractivity contribution in [3.05, 3.63) is 45.1 Å². The molecule has 27 heavy (non-hydrogen) atoms. The Balaban J connectivity index is 2.00. The number of carboxylic acid groups (broad SMARTS) is 1. The summed E-state index contributed by atoms with van der Waals surface area (Å²) in [6, 6.07) is 2.49. The molecule has 2 N–H and O–H groups in total. The Bertz CT molecular complexity index is 966. The molecule has 0 atom stereocenters. The van der Waals surface area contributed by atoms with E-state index >= 15 is 0 Å². The average molecular weight is 413 g/mol. The molecule has 0 fully saturated rings. The second kappa shape index (κ2) is 7.28. The zero-order valence-electron chi connectivity index (χ0n) is 14.2. The van der Waals surface area contributed by atoms with Gasteiger partial charge in [0, 0.05) is 22.0 Å². The van der Waals surface area contributed by atoms with Crippen LogP contribution in [0.15, 0.2) is 29.1 Å². The van der Waals surface area contributed by atoms with Crippen LogP contribution in [-0.2, 0) is 6.18 Å². The minimum Gasteiger partial charge on any atom is -0.478 e. The van der Waals surface area contributed by atoms with Crippen molar-refractivity contribution in [1.82, 2.24) is 9.97 Å². The first-order valence-corrected chi connectivity index (χ1v) is 9.53. The Hall–Kier alpha value is -2.46. The predicted octanol–water partition coefficient (Wildman–Crippen LogP) is 5.85. The summed E-state index contributed by atoms with van der Waals surface area (Å²) in [6.45, 7) is 4.01.